The summed E-state index contributed by atoms with van der Waals surface area (Å²) >= 11 is 0. The maximum atomic E-state index is 12.5. The molecule has 2 heterocycles. The first-order chi connectivity index (χ1) is 14.5. The van der Waals surface area contributed by atoms with Crippen molar-refractivity contribution >= 4 is 22.8 Å². The summed E-state index contributed by atoms with van der Waals surface area (Å²) in [6.45, 7) is 1.78. The third-order valence-corrected chi connectivity index (χ3v) is 5.73. The van der Waals surface area contributed by atoms with E-state index in [0.717, 1.165) is 24.0 Å². The van der Waals surface area contributed by atoms with Gasteiger partial charge in [-0.2, -0.15) is 0 Å². The van der Waals surface area contributed by atoms with E-state index in [0.29, 0.717) is 25.9 Å². The monoisotopic (exact) mass is 406 g/mol. The standard InChI is InChI=1S/C23H26N4O3/c1-25-19-9-4-5-10-20(19)27(23(25)30)16-21(28)24-13-6-11-22(29)26-14-12-17-7-2-3-8-18(17)15-26/h2-5,7-10H,6,11-16H2,1H3,(H,24,28). The minimum absolute atomic E-state index is 0.0307. The maximum Gasteiger partial charge on any atom is 0.329 e. The van der Waals surface area contributed by atoms with Gasteiger partial charge >= 0.3 is 5.69 Å². The third-order valence-electron chi connectivity index (χ3n) is 5.73. The van der Waals surface area contributed by atoms with E-state index in [1.54, 1.807) is 7.05 Å². The normalized spacial score (nSPS) is 13.3. The number of amides is 2. The number of imidazole rings is 1. The maximum absolute atomic E-state index is 12.5. The van der Waals surface area contributed by atoms with Crippen LogP contribution < -0.4 is 11.0 Å². The van der Waals surface area contributed by atoms with E-state index in [1.165, 1.54) is 20.3 Å². The lowest BCUT2D eigenvalue weighted by atomic mass is 9.99. The first kappa shape index (κ1) is 19.9. The third kappa shape index (κ3) is 4.01. The average Bonchev–Trinajstić information content (AvgIpc) is 3.01. The molecular formula is C23H26N4O3. The van der Waals surface area contributed by atoms with E-state index in [2.05, 4.69) is 17.4 Å². The van der Waals surface area contributed by atoms with Gasteiger partial charge < -0.3 is 10.2 Å². The Labute approximate surface area is 174 Å². The summed E-state index contributed by atoms with van der Waals surface area (Å²) in [6.07, 6.45) is 1.86. The Hall–Kier alpha value is -3.35. The lowest BCUT2D eigenvalue weighted by molar-refractivity contribution is -0.132. The van der Waals surface area contributed by atoms with E-state index < -0.39 is 0 Å². The number of aromatic nitrogens is 2. The number of nitrogens with zero attached hydrogens (tertiary/aromatic N) is 3. The fraction of sp³-hybridized carbons (Fsp3) is 0.348. The van der Waals surface area contributed by atoms with Crippen LogP contribution in [0.15, 0.2) is 53.3 Å². The van der Waals surface area contributed by atoms with Crippen LogP contribution in [0.2, 0.25) is 0 Å². The van der Waals surface area contributed by atoms with Crippen LogP contribution >= 0.6 is 0 Å². The summed E-state index contributed by atoms with van der Waals surface area (Å²) in [5.74, 6) is -0.114. The number of carbonyl (C=O) groups is 2. The molecule has 7 nitrogen and oxygen atoms in total. The van der Waals surface area contributed by atoms with Crippen LogP contribution in [-0.4, -0.2) is 38.9 Å². The second-order valence-electron chi connectivity index (χ2n) is 7.70. The van der Waals surface area contributed by atoms with Crippen LogP contribution in [0.25, 0.3) is 11.0 Å². The topological polar surface area (TPSA) is 76.3 Å². The van der Waals surface area contributed by atoms with E-state index in [1.807, 2.05) is 41.3 Å². The fourth-order valence-corrected chi connectivity index (χ4v) is 4.05. The number of hydrogen-bond acceptors (Lipinski definition) is 3. The fourth-order valence-electron chi connectivity index (χ4n) is 4.05. The minimum Gasteiger partial charge on any atom is -0.355 e. The highest BCUT2D eigenvalue weighted by atomic mass is 16.2. The number of hydrogen-bond donors (Lipinski definition) is 1. The van der Waals surface area contributed by atoms with Crippen molar-refractivity contribution in [2.45, 2.75) is 32.4 Å². The number of para-hydroxylation sites is 2. The Morgan fingerprint density at radius 1 is 1.00 bits per heavy atom. The lowest BCUT2D eigenvalue weighted by Gasteiger charge is -2.29. The molecule has 0 saturated carbocycles. The molecule has 0 bridgehead atoms. The minimum atomic E-state index is -0.229. The molecule has 1 aliphatic rings. The summed E-state index contributed by atoms with van der Waals surface area (Å²) in [5, 5.41) is 2.83. The molecule has 156 valence electrons. The molecule has 2 amide bonds. The molecule has 0 radical (unpaired) electrons. The van der Waals surface area contributed by atoms with Gasteiger partial charge in [0.15, 0.2) is 0 Å². The Kier molecular flexibility index (Phi) is 5.70. The van der Waals surface area contributed by atoms with E-state index in [4.69, 9.17) is 0 Å². The molecule has 0 atom stereocenters. The zero-order chi connectivity index (χ0) is 21.1. The lowest BCUT2D eigenvalue weighted by Crippen LogP contribution is -2.36. The molecule has 30 heavy (non-hydrogen) atoms. The highest BCUT2D eigenvalue weighted by Gasteiger charge is 2.20. The van der Waals surface area contributed by atoms with Gasteiger partial charge in [-0.1, -0.05) is 36.4 Å². The molecule has 3 aromatic rings. The molecule has 0 spiro atoms. The average molecular weight is 406 g/mol. The summed E-state index contributed by atoms with van der Waals surface area (Å²) in [4.78, 5) is 39.1. The molecule has 0 aliphatic carbocycles. The van der Waals surface area contributed by atoms with Crippen molar-refractivity contribution in [3.63, 3.8) is 0 Å². The van der Waals surface area contributed by atoms with Crippen molar-refractivity contribution in [1.29, 1.82) is 0 Å². The molecule has 0 saturated heterocycles. The van der Waals surface area contributed by atoms with Crippen molar-refractivity contribution < 1.29 is 9.59 Å². The Bertz CT molecular complexity index is 1140. The molecule has 7 heteroatoms. The molecule has 0 unspecified atom stereocenters. The zero-order valence-corrected chi connectivity index (χ0v) is 17.1. The second kappa shape index (κ2) is 8.57. The second-order valence-corrected chi connectivity index (χ2v) is 7.70. The number of aryl methyl sites for hydroxylation is 1. The van der Waals surface area contributed by atoms with Gasteiger partial charge in [0, 0.05) is 33.1 Å². The summed E-state index contributed by atoms with van der Waals surface area (Å²) < 4.78 is 3.01. The Morgan fingerprint density at radius 2 is 1.70 bits per heavy atom. The predicted molar refractivity (Wildman–Crippen MR) is 115 cm³/mol. The molecule has 0 fully saturated rings. The van der Waals surface area contributed by atoms with Gasteiger partial charge in [-0.25, -0.2) is 4.79 Å². The molecule has 2 aromatic carbocycles. The van der Waals surface area contributed by atoms with Crippen LogP contribution in [0.4, 0.5) is 0 Å². The highest BCUT2D eigenvalue weighted by molar-refractivity contribution is 5.81. The largest absolute Gasteiger partial charge is 0.355 e. The van der Waals surface area contributed by atoms with E-state index >= 15 is 0 Å². The summed E-state index contributed by atoms with van der Waals surface area (Å²) in [5.41, 5.74) is 3.85. The van der Waals surface area contributed by atoms with Crippen LogP contribution in [-0.2, 0) is 36.1 Å². The van der Waals surface area contributed by atoms with Crippen LogP contribution in [0.1, 0.15) is 24.0 Å². The number of rotatable bonds is 6. The van der Waals surface area contributed by atoms with Gasteiger partial charge in [0.25, 0.3) is 0 Å². The van der Waals surface area contributed by atoms with Gasteiger partial charge in [0.2, 0.25) is 11.8 Å². The van der Waals surface area contributed by atoms with Crippen LogP contribution in [0.3, 0.4) is 0 Å². The summed E-state index contributed by atoms with van der Waals surface area (Å²) in [6, 6.07) is 15.6. The molecule has 1 aliphatic heterocycles. The van der Waals surface area contributed by atoms with Crippen LogP contribution in [0, 0.1) is 0 Å². The first-order valence-electron chi connectivity index (χ1n) is 10.3. The number of fused-ring (bicyclic) bond motifs is 2. The quantitative estimate of drug-likeness (QED) is 0.635. The van der Waals surface area contributed by atoms with Crippen molar-refractivity contribution in [3.05, 3.63) is 70.1 Å². The SMILES string of the molecule is Cn1c(=O)n(CC(=O)NCCCC(=O)N2CCc3ccccc3C2)c2ccccc21. The molecular weight excluding hydrogens is 380 g/mol. The van der Waals surface area contributed by atoms with E-state index in [9.17, 15) is 14.4 Å². The number of benzene rings is 2. The first-order valence-corrected chi connectivity index (χ1v) is 10.3. The van der Waals surface area contributed by atoms with Crippen molar-refractivity contribution in [2.75, 3.05) is 13.1 Å². The highest BCUT2D eigenvalue weighted by Crippen LogP contribution is 2.19. The van der Waals surface area contributed by atoms with Crippen LogP contribution in [0.5, 0.6) is 0 Å². The number of carbonyl (C=O) groups excluding carboxylic acids is 2. The van der Waals surface area contributed by atoms with Gasteiger partial charge in [0.05, 0.1) is 11.0 Å². The Morgan fingerprint density at radius 3 is 2.50 bits per heavy atom. The summed E-state index contributed by atoms with van der Waals surface area (Å²) in [7, 11) is 1.70. The molecule has 1 aromatic heterocycles. The Balaban J connectivity index is 1.25. The van der Waals surface area contributed by atoms with Gasteiger partial charge in [-0.05, 0) is 36.1 Å². The van der Waals surface area contributed by atoms with Gasteiger partial charge in [0.1, 0.15) is 6.54 Å². The van der Waals surface area contributed by atoms with Gasteiger partial charge in [-0.15, -0.1) is 0 Å². The smallest absolute Gasteiger partial charge is 0.329 e. The predicted octanol–water partition coefficient (Wildman–Crippen LogP) is 1.82. The zero-order valence-electron chi connectivity index (χ0n) is 17.1. The van der Waals surface area contributed by atoms with Crippen molar-refractivity contribution in [2.24, 2.45) is 7.05 Å². The molecule has 1 N–H and O–H groups in total. The number of nitrogens with one attached hydrogen (secondary N) is 1. The van der Waals surface area contributed by atoms with Crippen molar-refractivity contribution in [1.82, 2.24) is 19.4 Å². The molecule has 4 rings (SSSR count). The van der Waals surface area contributed by atoms with Crippen molar-refractivity contribution in [3.8, 4) is 0 Å². The van der Waals surface area contributed by atoms with Gasteiger partial charge in [-0.3, -0.25) is 18.7 Å². The van der Waals surface area contributed by atoms with E-state index in [-0.39, 0.29) is 24.0 Å².